The second-order valence-electron chi connectivity index (χ2n) is 8.49. The van der Waals surface area contributed by atoms with Gasteiger partial charge in [0, 0.05) is 36.0 Å². The number of aromatic nitrogens is 1. The third kappa shape index (κ3) is 5.90. The van der Waals surface area contributed by atoms with Gasteiger partial charge in [-0.05, 0) is 62.7 Å². The lowest BCUT2D eigenvalue weighted by molar-refractivity contribution is 0.0730. The van der Waals surface area contributed by atoms with Gasteiger partial charge in [-0.25, -0.2) is 19.0 Å². The number of ketones is 1. The Labute approximate surface area is 212 Å². The van der Waals surface area contributed by atoms with Gasteiger partial charge < -0.3 is 15.4 Å². The second-order valence-corrected chi connectivity index (χ2v) is 8.49. The summed E-state index contributed by atoms with van der Waals surface area (Å²) >= 11 is 0. The van der Waals surface area contributed by atoms with Gasteiger partial charge in [0.15, 0.2) is 5.78 Å². The molecule has 1 aromatic heterocycles. The summed E-state index contributed by atoms with van der Waals surface area (Å²) in [6, 6.07) is 13.0. The largest absolute Gasteiger partial charge is 0.422 e. The molecule has 2 aromatic carbocycles. The van der Waals surface area contributed by atoms with Crippen LogP contribution in [0.15, 0.2) is 54.7 Å². The summed E-state index contributed by atoms with van der Waals surface area (Å²) < 4.78 is 20.7. The minimum atomic E-state index is -0.733. The standard InChI is InChI=1S/C27H24FN5O4/c1-3-30-18-6-4-5-17(11-18)26(35)37-25-19(15(2)34)8-9-21(28)24(25)20-12-22(20)32-27(36)33-23-10-7-16(13-29)14-31-23/h4-11,14,20,22,30H,3,12H2,1-2H3,(H2,31,32,33,36)/t20-,22+/m0/s1. The van der Waals surface area contributed by atoms with E-state index in [4.69, 9.17) is 10.00 Å². The number of Topliss-reactive ketones (excluding diaryl/α,β-unsaturated/α-hetero) is 1. The molecular weight excluding hydrogens is 477 g/mol. The Kier molecular flexibility index (Phi) is 7.44. The summed E-state index contributed by atoms with van der Waals surface area (Å²) in [5, 5.41) is 17.2. The number of nitrogens with one attached hydrogen (secondary N) is 3. The molecule has 37 heavy (non-hydrogen) atoms. The van der Waals surface area contributed by atoms with E-state index < -0.39 is 29.8 Å². The van der Waals surface area contributed by atoms with Crippen molar-refractivity contribution >= 4 is 29.3 Å². The van der Waals surface area contributed by atoms with E-state index >= 15 is 4.39 Å². The Morgan fingerprint density at radius 1 is 1.19 bits per heavy atom. The Bertz CT molecular complexity index is 1400. The Balaban J connectivity index is 1.53. The molecule has 4 rings (SSSR count). The number of anilines is 2. The molecule has 188 valence electrons. The van der Waals surface area contributed by atoms with Crippen molar-refractivity contribution in [2.75, 3.05) is 17.2 Å². The number of carbonyl (C=O) groups excluding carboxylic acids is 3. The van der Waals surface area contributed by atoms with Gasteiger partial charge in [0.25, 0.3) is 0 Å². The van der Waals surface area contributed by atoms with Crippen molar-refractivity contribution in [3.8, 4) is 11.8 Å². The highest BCUT2D eigenvalue weighted by Crippen LogP contribution is 2.47. The summed E-state index contributed by atoms with van der Waals surface area (Å²) in [5.74, 6) is -2.17. The van der Waals surface area contributed by atoms with Crippen molar-refractivity contribution in [2.24, 2.45) is 0 Å². The molecule has 0 saturated heterocycles. The molecule has 0 radical (unpaired) electrons. The molecule has 3 N–H and O–H groups in total. The molecule has 10 heteroatoms. The predicted molar refractivity (Wildman–Crippen MR) is 134 cm³/mol. The molecule has 1 aliphatic carbocycles. The highest BCUT2D eigenvalue weighted by atomic mass is 19.1. The van der Waals surface area contributed by atoms with Gasteiger partial charge in [-0.1, -0.05) is 6.07 Å². The highest BCUT2D eigenvalue weighted by Gasteiger charge is 2.44. The normalized spacial score (nSPS) is 15.7. The highest BCUT2D eigenvalue weighted by molar-refractivity contribution is 6.00. The lowest BCUT2D eigenvalue weighted by Crippen LogP contribution is -2.31. The van der Waals surface area contributed by atoms with E-state index in [9.17, 15) is 14.4 Å². The first kappa shape index (κ1) is 25.3. The maximum atomic E-state index is 15.1. The number of halogens is 1. The summed E-state index contributed by atoms with van der Waals surface area (Å²) in [6.45, 7) is 3.89. The van der Waals surface area contributed by atoms with Crippen molar-refractivity contribution in [1.29, 1.82) is 5.26 Å². The zero-order valence-corrected chi connectivity index (χ0v) is 20.2. The number of hydrogen-bond acceptors (Lipinski definition) is 7. The summed E-state index contributed by atoms with van der Waals surface area (Å²) in [7, 11) is 0. The van der Waals surface area contributed by atoms with Crippen LogP contribution < -0.4 is 20.7 Å². The first-order valence-electron chi connectivity index (χ1n) is 11.6. The fourth-order valence-electron chi connectivity index (χ4n) is 3.95. The van der Waals surface area contributed by atoms with Crippen LogP contribution in [0.4, 0.5) is 20.7 Å². The van der Waals surface area contributed by atoms with Gasteiger partial charge >= 0.3 is 12.0 Å². The van der Waals surface area contributed by atoms with Crippen molar-refractivity contribution in [1.82, 2.24) is 10.3 Å². The number of pyridine rings is 1. The summed E-state index contributed by atoms with van der Waals surface area (Å²) in [4.78, 5) is 41.7. The zero-order chi connectivity index (χ0) is 26.5. The molecule has 1 fully saturated rings. The molecule has 0 unspecified atom stereocenters. The fraction of sp³-hybridized carbons (Fsp3) is 0.222. The molecular formula is C27H24FN5O4. The Hall–Kier alpha value is -4.78. The van der Waals surface area contributed by atoms with Gasteiger partial charge in [-0.3, -0.25) is 10.1 Å². The lowest BCUT2D eigenvalue weighted by atomic mass is 10.0. The van der Waals surface area contributed by atoms with Gasteiger partial charge in [0.05, 0.1) is 16.7 Å². The van der Waals surface area contributed by atoms with Crippen molar-refractivity contribution in [3.63, 3.8) is 0 Å². The van der Waals surface area contributed by atoms with Crippen LogP contribution in [0.25, 0.3) is 0 Å². The average molecular weight is 502 g/mol. The zero-order valence-electron chi connectivity index (χ0n) is 20.2. The second kappa shape index (κ2) is 10.9. The molecule has 0 spiro atoms. The van der Waals surface area contributed by atoms with E-state index in [1.807, 2.05) is 13.0 Å². The number of carbonyl (C=O) groups is 3. The summed E-state index contributed by atoms with van der Waals surface area (Å²) in [5.41, 5.74) is 1.44. The van der Waals surface area contributed by atoms with E-state index in [0.717, 1.165) is 11.8 Å². The number of esters is 1. The molecule has 1 heterocycles. The van der Waals surface area contributed by atoms with Crippen LogP contribution in [0.2, 0.25) is 0 Å². The Morgan fingerprint density at radius 2 is 2.00 bits per heavy atom. The van der Waals surface area contributed by atoms with Gasteiger partial charge in [-0.15, -0.1) is 0 Å². The number of benzene rings is 2. The van der Waals surface area contributed by atoms with Gasteiger partial charge in [-0.2, -0.15) is 5.26 Å². The van der Waals surface area contributed by atoms with Gasteiger partial charge in [0.1, 0.15) is 23.5 Å². The Morgan fingerprint density at radius 3 is 2.68 bits per heavy atom. The molecule has 1 saturated carbocycles. The minimum Gasteiger partial charge on any atom is -0.422 e. The van der Waals surface area contributed by atoms with Gasteiger partial charge in [0.2, 0.25) is 0 Å². The average Bonchev–Trinajstić information content (AvgIpc) is 3.62. The van der Waals surface area contributed by atoms with Crippen LogP contribution in [0.3, 0.4) is 0 Å². The maximum absolute atomic E-state index is 15.1. The molecule has 2 atom stereocenters. The lowest BCUT2D eigenvalue weighted by Gasteiger charge is -2.15. The number of rotatable bonds is 8. The van der Waals surface area contributed by atoms with E-state index in [-0.39, 0.29) is 34.0 Å². The third-order valence-electron chi connectivity index (χ3n) is 5.81. The third-order valence-corrected chi connectivity index (χ3v) is 5.81. The first-order chi connectivity index (χ1) is 17.8. The number of nitrogens with zero attached hydrogens (tertiary/aromatic N) is 2. The van der Waals surface area contributed by atoms with Crippen molar-refractivity contribution in [3.05, 3.63) is 82.8 Å². The molecule has 1 aliphatic rings. The molecule has 0 aliphatic heterocycles. The van der Waals surface area contributed by atoms with Crippen LogP contribution in [-0.4, -0.2) is 35.4 Å². The number of urea groups is 1. The van der Waals surface area contributed by atoms with E-state index in [0.29, 0.717) is 18.5 Å². The molecule has 0 bridgehead atoms. The monoisotopic (exact) mass is 501 g/mol. The predicted octanol–water partition coefficient (Wildman–Crippen LogP) is 4.62. The smallest absolute Gasteiger partial charge is 0.343 e. The maximum Gasteiger partial charge on any atom is 0.343 e. The fourth-order valence-corrected chi connectivity index (χ4v) is 3.95. The molecule has 3 aromatic rings. The first-order valence-corrected chi connectivity index (χ1v) is 11.6. The number of hydrogen-bond donors (Lipinski definition) is 3. The topological polar surface area (TPSA) is 133 Å². The van der Waals surface area contributed by atoms with Crippen LogP contribution in [0, 0.1) is 17.1 Å². The summed E-state index contributed by atoms with van der Waals surface area (Å²) in [6.07, 6.45) is 1.71. The SMILES string of the molecule is CCNc1cccc(C(=O)Oc2c(C(C)=O)ccc(F)c2[C@H]2C[C@H]2NC(=O)Nc2ccc(C#N)cn2)c1. The van der Waals surface area contributed by atoms with Crippen LogP contribution in [0.1, 0.15) is 58.0 Å². The van der Waals surface area contributed by atoms with Crippen LogP contribution in [-0.2, 0) is 0 Å². The molecule has 2 amide bonds. The van der Waals surface area contributed by atoms with Crippen molar-refractivity contribution < 1.29 is 23.5 Å². The van der Waals surface area contributed by atoms with Crippen LogP contribution in [0.5, 0.6) is 5.75 Å². The van der Waals surface area contributed by atoms with E-state index in [1.165, 1.54) is 31.3 Å². The quantitative estimate of drug-likeness (QED) is 0.233. The number of amides is 2. The van der Waals surface area contributed by atoms with E-state index in [1.54, 1.807) is 24.3 Å². The number of nitriles is 1. The minimum absolute atomic E-state index is 0.0608. The van der Waals surface area contributed by atoms with E-state index in [2.05, 4.69) is 20.9 Å². The van der Waals surface area contributed by atoms with Crippen molar-refractivity contribution in [2.45, 2.75) is 32.2 Å². The number of ether oxygens (including phenoxy) is 1. The van der Waals surface area contributed by atoms with Crippen LogP contribution >= 0.6 is 0 Å². The molecule has 9 nitrogen and oxygen atoms in total.